The molecule has 0 unspecified atom stereocenters. The van der Waals surface area contributed by atoms with E-state index in [0.717, 1.165) is 22.2 Å². The van der Waals surface area contributed by atoms with Gasteiger partial charge in [0.15, 0.2) is 11.0 Å². The van der Waals surface area contributed by atoms with E-state index in [0.29, 0.717) is 5.75 Å². The van der Waals surface area contributed by atoms with Gasteiger partial charge in [0.05, 0.1) is 11.3 Å². The lowest BCUT2D eigenvalue weighted by Crippen LogP contribution is -2.22. The Balaban J connectivity index is 2.11. The van der Waals surface area contributed by atoms with Crippen LogP contribution in [0.4, 0.5) is 0 Å². The molecule has 4 nitrogen and oxygen atoms in total. The second kappa shape index (κ2) is 7.02. The van der Waals surface area contributed by atoms with Crippen LogP contribution < -0.4 is 0 Å². The van der Waals surface area contributed by atoms with Gasteiger partial charge in [-0.15, -0.1) is 10.2 Å². The lowest BCUT2D eigenvalue weighted by atomic mass is 10.1. The molecule has 2 aromatic carbocycles. The number of nitrogens with zero attached hydrogens (tertiary/aromatic N) is 3. The molecule has 5 heteroatoms. The van der Waals surface area contributed by atoms with Gasteiger partial charge in [0.1, 0.15) is 0 Å². The largest absolute Gasteiger partial charge is 0.390 e. The SMILES string of the molecule is Cc1ccc(-n2c(SCC(C)(C)O)nnc2-c2ccccc2)cc1C. The topological polar surface area (TPSA) is 50.9 Å². The fourth-order valence-electron chi connectivity index (χ4n) is 2.48. The highest BCUT2D eigenvalue weighted by Crippen LogP contribution is 2.30. The minimum atomic E-state index is -0.766. The molecule has 130 valence electrons. The molecule has 0 saturated heterocycles. The second-order valence-electron chi connectivity index (χ2n) is 6.88. The monoisotopic (exact) mass is 353 g/mol. The van der Waals surface area contributed by atoms with Crippen molar-refractivity contribution < 1.29 is 5.11 Å². The van der Waals surface area contributed by atoms with Crippen molar-refractivity contribution in [1.29, 1.82) is 0 Å². The van der Waals surface area contributed by atoms with Gasteiger partial charge >= 0.3 is 0 Å². The zero-order valence-electron chi connectivity index (χ0n) is 15.0. The van der Waals surface area contributed by atoms with Gasteiger partial charge in [-0.3, -0.25) is 4.57 Å². The standard InChI is InChI=1S/C20H23N3OS/c1-14-10-11-17(12-15(14)2)23-18(16-8-6-5-7-9-16)21-22-19(23)25-13-20(3,4)24/h5-12,24H,13H2,1-4H3. The van der Waals surface area contributed by atoms with E-state index in [-0.39, 0.29) is 0 Å². The summed E-state index contributed by atoms with van der Waals surface area (Å²) in [6, 6.07) is 16.4. The molecule has 0 atom stereocenters. The number of hydrogen-bond acceptors (Lipinski definition) is 4. The van der Waals surface area contributed by atoms with Crippen LogP contribution in [0.15, 0.2) is 53.7 Å². The smallest absolute Gasteiger partial charge is 0.196 e. The predicted molar refractivity (Wildman–Crippen MR) is 103 cm³/mol. The highest BCUT2D eigenvalue weighted by atomic mass is 32.2. The molecule has 3 aromatic rings. The van der Waals surface area contributed by atoms with Gasteiger partial charge in [-0.2, -0.15) is 0 Å². The normalized spacial score (nSPS) is 11.7. The summed E-state index contributed by atoms with van der Waals surface area (Å²) in [5.41, 5.74) is 3.76. The van der Waals surface area contributed by atoms with E-state index in [1.807, 2.05) is 30.3 Å². The Morgan fingerprint density at radius 2 is 1.72 bits per heavy atom. The van der Waals surface area contributed by atoms with E-state index in [1.54, 1.807) is 13.8 Å². The molecule has 0 radical (unpaired) electrons. The molecule has 1 N–H and O–H groups in total. The molecule has 1 aromatic heterocycles. The maximum Gasteiger partial charge on any atom is 0.196 e. The summed E-state index contributed by atoms with van der Waals surface area (Å²) < 4.78 is 2.07. The molecule has 0 spiro atoms. The first kappa shape index (κ1) is 17.7. The highest BCUT2D eigenvalue weighted by Gasteiger charge is 2.20. The van der Waals surface area contributed by atoms with E-state index in [1.165, 1.54) is 22.9 Å². The Labute approximate surface area is 152 Å². The molecule has 0 amide bonds. The van der Waals surface area contributed by atoms with Crippen LogP contribution in [0.3, 0.4) is 0 Å². The van der Waals surface area contributed by atoms with E-state index < -0.39 is 5.60 Å². The molecule has 0 aliphatic rings. The Hall–Kier alpha value is -2.11. The van der Waals surface area contributed by atoms with Gasteiger partial charge in [-0.1, -0.05) is 48.2 Å². The average molecular weight is 353 g/mol. The molecule has 0 aliphatic heterocycles. The molecule has 0 saturated carbocycles. The Bertz CT molecular complexity index is 866. The van der Waals surface area contributed by atoms with E-state index in [9.17, 15) is 5.11 Å². The number of aliphatic hydroxyl groups is 1. The summed E-state index contributed by atoms with van der Waals surface area (Å²) >= 11 is 1.51. The van der Waals surface area contributed by atoms with Crippen LogP contribution in [0.25, 0.3) is 17.1 Å². The molecule has 0 fully saturated rings. The van der Waals surface area contributed by atoms with Crippen molar-refractivity contribution in [2.75, 3.05) is 5.75 Å². The zero-order chi connectivity index (χ0) is 18.0. The van der Waals surface area contributed by atoms with Crippen LogP contribution in [0.2, 0.25) is 0 Å². The maximum atomic E-state index is 10.1. The summed E-state index contributed by atoms with van der Waals surface area (Å²) in [5.74, 6) is 1.35. The van der Waals surface area contributed by atoms with Gasteiger partial charge in [0.25, 0.3) is 0 Å². The van der Waals surface area contributed by atoms with Gasteiger partial charge < -0.3 is 5.11 Å². The summed E-state index contributed by atoms with van der Waals surface area (Å²) in [5, 5.41) is 19.7. The van der Waals surface area contributed by atoms with Crippen molar-refractivity contribution in [3.63, 3.8) is 0 Å². The Morgan fingerprint density at radius 1 is 1.00 bits per heavy atom. The minimum absolute atomic E-state index is 0.546. The van der Waals surface area contributed by atoms with Gasteiger partial charge in [0, 0.05) is 11.3 Å². The summed E-state index contributed by atoms with van der Waals surface area (Å²) in [4.78, 5) is 0. The third-order valence-electron chi connectivity index (χ3n) is 3.97. The number of rotatable bonds is 5. The van der Waals surface area contributed by atoms with E-state index in [4.69, 9.17) is 0 Å². The summed E-state index contributed by atoms with van der Waals surface area (Å²) in [6.45, 7) is 7.81. The number of hydrogen-bond donors (Lipinski definition) is 1. The minimum Gasteiger partial charge on any atom is -0.390 e. The van der Waals surface area contributed by atoms with Crippen LogP contribution in [0.5, 0.6) is 0 Å². The summed E-state index contributed by atoms with van der Waals surface area (Å²) in [7, 11) is 0. The van der Waals surface area contributed by atoms with Gasteiger partial charge in [-0.05, 0) is 51.0 Å². The van der Waals surface area contributed by atoms with Crippen molar-refractivity contribution >= 4 is 11.8 Å². The second-order valence-corrected chi connectivity index (χ2v) is 7.82. The van der Waals surface area contributed by atoms with Crippen molar-refractivity contribution in [1.82, 2.24) is 14.8 Å². The number of aryl methyl sites for hydroxylation is 2. The molecule has 25 heavy (non-hydrogen) atoms. The third kappa shape index (κ3) is 4.11. The third-order valence-corrected chi connectivity index (χ3v) is 5.34. The Morgan fingerprint density at radius 3 is 2.36 bits per heavy atom. The summed E-state index contributed by atoms with van der Waals surface area (Å²) in [6.07, 6.45) is 0. The number of benzene rings is 2. The fourth-order valence-corrected chi connectivity index (χ4v) is 3.38. The number of thioether (sulfide) groups is 1. The van der Waals surface area contributed by atoms with Crippen LogP contribution >= 0.6 is 11.8 Å². The predicted octanol–water partition coefficient (Wildman–Crippen LogP) is 4.41. The fraction of sp³-hybridized carbons (Fsp3) is 0.300. The van der Waals surface area contributed by atoms with Crippen LogP contribution in [-0.4, -0.2) is 31.2 Å². The van der Waals surface area contributed by atoms with Crippen molar-refractivity contribution in [3.8, 4) is 17.1 Å². The molecular formula is C20H23N3OS. The average Bonchev–Trinajstić information content (AvgIpc) is 3.00. The quantitative estimate of drug-likeness (QED) is 0.690. The van der Waals surface area contributed by atoms with Gasteiger partial charge in [0.2, 0.25) is 0 Å². The molecule has 0 bridgehead atoms. The van der Waals surface area contributed by atoms with E-state index in [2.05, 4.69) is 46.8 Å². The van der Waals surface area contributed by atoms with Crippen molar-refractivity contribution in [2.24, 2.45) is 0 Å². The first-order valence-electron chi connectivity index (χ1n) is 8.29. The zero-order valence-corrected chi connectivity index (χ0v) is 15.8. The Kier molecular flexibility index (Phi) is 4.97. The van der Waals surface area contributed by atoms with Crippen molar-refractivity contribution in [3.05, 3.63) is 59.7 Å². The van der Waals surface area contributed by atoms with Crippen molar-refractivity contribution in [2.45, 2.75) is 38.5 Å². The highest BCUT2D eigenvalue weighted by molar-refractivity contribution is 7.99. The van der Waals surface area contributed by atoms with Gasteiger partial charge in [-0.25, -0.2) is 0 Å². The molecular weight excluding hydrogens is 330 g/mol. The lowest BCUT2D eigenvalue weighted by molar-refractivity contribution is 0.107. The van der Waals surface area contributed by atoms with Crippen LogP contribution in [0, 0.1) is 13.8 Å². The lowest BCUT2D eigenvalue weighted by Gasteiger charge is -2.17. The molecule has 1 heterocycles. The molecule has 0 aliphatic carbocycles. The first-order valence-corrected chi connectivity index (χ1v) is 9.27. The first-order chi connectivity index (χ1) is 11.8. The van der Waals surface area contributed by atoms with Crippen LogP contribution in [-0.2, 0) is 0 Å². The van der Waals surface area contributed by atoms with Crippen LogP contribution in [0.1, 0.15) is 25.0 Å². The van der Waals surface area contributed by atoms with E-state index >= 15 is 0 Å². The number of aromatic nitrogens is 3. The maximum absolute atomic E-state index is 10.1. The molecule has 3 rings (SSSR count).